The highest BCUT2D eigenvalue weighted by atomic mass is 19.4. The third-order valence-electron chi connectivity index (χ3n) is 2.98. The first-order valence-corrected chi connectivity index (χ1v) is 5.75. The molecule has 0 amide bonds. The molecule has 0 saturated carbocycles. The normalized spacial score (nSPS) is 20.1. The van der Waals surface area contributed by atoms with Gasteiger partial charge in [-0.25, -0.2) is 0 Å². The molecule has 1 aliphatic rings. The molecular formula is C12H15F3N2O. The van der Waals surface area contributed by atoms with Crippen LogP contribution >= 0.6 is 0 Å². The Labute approximate surface area is 103 Å². The summed E-state index contributed by atoms with van der Waals surface area (Å²) in [4.78, 5) is 0. The third kappa shape index (κ3) is 3.07. The SMILES string of the molecule is Nc1ccc(NCC2CCOC2)cc1C(F)(F)F. The Balaban J connectivity index is 2.04. The van der Waals surface area contributed by atoms with Crippen molar-refractivity contribution in [2.45, 2.75) is 12.6 Å². The van der Waals surface area contributed by atoms with Crippen LogP contribution in [0.25, 0.3) is 0 Å². The predicted molar refractivity (Wildman–Crippen MR) is 63.3 cm³/mol. The van der Waals surface area contributed by atoms with Gasteiger partial charge < -0.3 is 15.8 Å². The largest absolute Gasteiger partial charge is 0.418 e. The summed E-state index contributed by atoms with van der Waals surface area (Å²) < 4.78 is 43.1. The van der Waals surface area contributed by atoms with Gasteiger partial charge in [-0.15, -0.1) is 0 Å². The third-order valence-corrected chi connectivity index (χ3v) is 2.98. The van der Waals surface area contributed by atoms with E-state index in [0.29, 0.717) is 24.8 Å². The molecule has 0 spiro atoms. The van der Waals surface area contributed by atoms with Gasteiger partial charge in [-0.3, -0.25) is 0 Å². The number of benzene rings is 1. The molecule has 1 unspecified atom stereocenters. The van der Waals surface area contributed by atoms with Crippen molar-refractivity contribution in [2.75, 3.05) is 30.8 Å². The highest BCUT2D eigenvalue weighted by Gasteiger charge is 2.33. The summed E-state index contributed by atoms with van der Waals surface area (Å²) >= 11 is 0. The van der Waals surface area contributed by atoms with E-state index < -0.39 is 11.7 Å². The molecule has 0 bridgehead atoms. The first-order valence-electron chi connectivity index (χ1n) is 5.75. The minimum absolute atomic E-state index is 0.253. The summed E-state index contributed by atoms with van der Waals surface area (Å²) in [5.74, 6) is 0.358. The zero-order valence-corrected chi connectivity index (χ0v) is 9.76. The van der Waals surface area contributed by atoms with Gasteiger partial charge in [-0.05, 0) is 24.6 Å². The van der Waals surface area contributed by atoms with Crippen molar-refractivity contribution < 1.29 is 17.9 Å². The molecule has 1 atom stereocenters. The van der Waals surface area contributed by atoms with Crippen LogP contribution in [0.5, 0.6) is 0 Å². The minimum atomic E-state index is -4.42. The number of nitrogens with one attached hydrogen (secondary N) is 1. The van der Waals surface area contributed by atoms with Crippen LogP contribution in [-0.2, 0) is 10.9 Å². The minimum Gasteiger partial charge on any atom is -0.398 e. The molecule has 1 fully saturated rings. The summed E-state index contributed by atoms with van der Waals surface area (Å²) in [7, 11) is 0. The highest BCUT2D eigenvalue weighted by Crippen LogP contribution is 2.35. The maximum absolute atomic E-state index is 12.6. The number of nitrogens with two attached hydrogens (primary N) is 1. The number of alkyl halides is 3. The molecule has 6 heteroatoms. The number of anilines is 2. The first kappa shape index (κ1) is 13.0. The Morgan fingerprint density at radius 3 is 2.78 bits per heavy atom. The van der Waals surface area contributed by atoms with E-state index in [2.05, 4.69) is 5.32 Å². The molecule has 0 radical (unpaired) electrons. The Morgan fingerprint density at radius 2 is 2.17 bits per heavy atom. The van der Waals surface area contributed by atoms with Gasteiger partial charge in [0.1, 0.15) is 0 Å². The first-order chi connectivity index (χ1) is 8.47. The van der Waals surface area contributed by atoms with Crippen LogP contribution in [0.4, 0.5) is 24.5 Å². The molecular weight excluding hydrogens is 245 g/mol. The van der Waals surface area contributed by atoms with E-state index in [1.54, 1.807) is 6.07 Å². The number of hydrogen-bond acceptors (Lipinski definition) is 3. The molecule has 0 aliphatic carbocycles. The smallest absolute Gasteiger partial charge is 0.398 e. The lowest BCUT2D eigenvalue weighted by atomic mass is 10.1. The summed E-state index contributed by atoms with van der Waals surface area (Å²) in [6, 6.07) is 3.88. The number of nitrogen functional groups attached to an aromatic ring is 1. The van der Waals surface area contributed by atoms with Crippen LogP contribution in [0.2, 0.25) is 0 Å². The van der Waals surface area contributed by atoms with E-state index in [1.807, 2.05) is 0 Å². The number of hydrogen-bond donors (Lipinski definition) is 2. The number of rotatable bonds is 3. The Hall–Kier alpha value is -1.43. The van der Waals surface area contributed by atoms with Gasteiger partial charge in [-0.1, -0.05) is 0 Å². The molecule has 1 aromatic rings. The van der Waals surface area contributed by atoms with Gasteiger partial charge in [0.05, 0.1) is 12.2 Å². The van der Waals surface area contributed by atoms with Gasteiger partial charge in [0.15, 0.2) is 0 Å². The monoisotopic (exact) mass is 260 g/mol. The second-order valence-electron chi connectivity index (χ2n) is 4.41. The van der Waals surface area contributed by atoms with Gasteiger partial charge in [0.2, 0.25) is 0 Å². The fraction of sp³-hybridized carbons (Fsp3) is 0.500. The molecule has 1 aromatic carbocycles. The Morgan fingerprint density at radius 1 is 1.39 bits per heavy atom. The lowest BCUT2D eigenvalue weighted by Gasteiger charge is -2.14. The van der Waals surface area contributed by atoms with Crippen LogP contribution in [0.15, 0.2) is 18.2 Å². The van der Waals surface area contributed by atoms with E-state index in [4.69, 9.17) is 10.5 Å². The van der Waals surface area contributed by atoms with Crippen molar-refractivity contribution in [1.82, 2.24) is 0 Å². The standard InChI is InChI=1S/C12H15F3N2O/c13-12(14,15)10-5-9(1-2-11(10)16)17-6-8-3-4-18-7-8/h1-2,5,8,17H,3-4,6-7,16H2. The van der Waals surface area contributed by atoms with Crippen LogP contribution in [0.1, 0.15) is 12.0 Å². The van der Waals surface area contributed by atoms with Crippen LogP contribution in [0.3, 0.4) is 0 Å². The zero-order valence-electron chi connectivity index (χ0n) is 9.76. The van der Waals surface area contributed by atoms with Gasteiger partial charge in [-0.2, -0.15) is 13.2 Å². The molecule has 1 saturated heterocycles. The predicted octanol–water partition coefficient (Wildman–Crippen LogP) is 2.74. The molecule has 2 rings (SSSR count). The summed E-state index contributed by atoms with van der Waals surface area (Å²) in [6.45, 7) is 2.00. The van der Waals surface area contributed by atoms with Crippen molar-refractivity contribution in [3.05, 3.63) is 23.8 Å². The van der Waals surface area contributed by atoms with E-state index in [9.17, 15) is 13.2 Å². The van der Waals surface area contributed by atoms with Crippen LogP contribution in [0, 0.1) is 5.92 Å². The maximum atomic E-state index is 12.6. The van der Waals surface area contributed by atoms with Crippen LogP contribution in [-0.4, -0.2) is 19.8 Å². The van der Waals surface area contributed by atoms with Crippen molar-refractivity contribution in [2.24, 2.45) is 5.92 Å². The molecule has 3 nitrogen and oxygen atoms in total. The summed E-state index contributed by atoms with van der Waals surface area (Å²) in [6.07, 6.45) is -3.48. The van der Waals surface area contributed by atoms with E-state index in [0.717, 1.165) is 19.1 Å². The lowest BCUT2D eigenvalue weighted by Crippen LogP contribution is -2.15. The summed E-state index contributed by atoms with van der Waals surface area (Å²) in [5.41, 5.74) is 4.71. The van der Waals surface area contributed by atoms with Crippen molar-refractivity contribution in [1.29, 1.82) is 0 Å². The van der Waals surface area contributed by atoms with Gasteiger partial charge in [0.25, 0.3) is 0 Å². The molecule has 0 aromatic heterocycles. The number of halogens is 3. The second kappa shape index (κ2) is 5.06. The highest BCUT2D eigenvalue weighted by molar-refractivity contribution is 5.58. The Bertz CT molecular complexity index is 414. The molecule has 100 valence electrons. The average Bonchev–Trinajstić information content (AvgIpc) is 2.79. The van der Waals surface area contributed by atoms with Crippen molar-refractivity contribution in [3.63, 3.8) is 0 Å². The fourth-order valence-electron chi connectivity index (χ4n) is 1.92. The fourth-order valence-corrected chi connectivity index (χ4v) is 1.92. The van der Waals surface area contributed by atoms with E-state index >= 15 is 0 Å². The van der Waals surface area contributed by atoms with Gasteiger partial charge in [0, 0.05) is 30.4 Å². The quantitative estimate of drug-likeness (QED) is 0.821. The zero-order chi connectivity index (χ0) is 13.2. The average molecular weight is 260 g/mol. The topological polar surface area (TPSA) is 47.3 Å². The van der Waals surface area contributed by atoms with Crippen molar-refractivity contribution >= 4 is 11.4 Å². The van der Waals surface area contributed by atoms with Crippen LogP contribution < -0.4 is 11.1 Å². The molecule has 1 heterocycles. The molecule has 1 aliphatic heterocycles. The second-order valence-corrected chi connectivity index (χ2v) is 4.41. The van der Waals surface area contributed by atoms with E-state index in [-0.39, 0.29) is 5.69 Å². The lowest BCUT2D eigenvalue weighted by molar-refractivity contribution is -0.136. The molecule has 3 N–H and O–H groups in total. The van der Waals surface area contributed by atoms with Gasteiger partial charge >= 0.3 is 6.18 Å². The summed E-state index contributed by atoms with van der Waals surface area (Å²) in [5, 5.41) is 2.99. The number of ether oxygens (including phenoxy) is 1. The van der Waals surface area contributed by atoms with Crippen molar-refractivity contribution in [3.8, 4) is 0 Å². The molecule has 18 heavy (non-hydrogen) atoms. The Kier molecular flexibility index (Phi) is 3.65. The van der Waals surface area contributed by atoms with E-state index in [1.165, 1.54) is 6.07 Å². The maximum Gasteiger partial charge on any atom is 0.418 e.